The zero-order chi connectivity index (χ0) is 15.7. The molecule has 1 aliphatic carbocycles. The Labute approximate surface area is 121 Å². The molecule has 1 heterocycles. The zero-order valence-corrected chi connectivity index (χ0v) is 12.9. The second-order valence-corrected chi connectivity index (χ2v) is 8.94. The maximum absolute atomic E-state index is 11.2. The molecular weight excluding hydrogens is 322 g/mol. The molecule has 0 aliphatic heterocycles. The van der Waals surface area contributed by atoms with Gasteiger partial charge in [0.05, 0.1) is 0 Å². The van der Waals surface area contributed by atoms with Gasteiger partial charge in [-0.3, -0.25) is 9.13 Å². The summed E-state index contributed by atoms with van der Waals surface area (Å²) in [5, 5.41) is 5.67. The minimum Gasteiger partial charge on any atom is -0.359 e. The molecule has 1 aromatic rings. The summed E-state index contributed by atoms with van der Waals surface area (Å²) in [4.78, 5) is 36.1. The van der Waals surface area contributed by atoms with Gasteiger partial charge in [0.15, 0.2) is 5.82 Å². The van der Waals surface area contributed by atoms with E-state index in [4.69, 9.17) is 24.1 Å². The van der Waals surface area contributed by atoms with Crippen LogP contribution in [0.25, 0.3) is 0 Å². The predicted octanol–water partition coefficient (Wildman–Crippen LogP) is 1.77. The SMILES string of the molecule is O=P(O)(O)C(Nc1cc(C2CCCCC2)on1)P(=O)(O)O. The van der Waals surface area contributed by atoms with E-state index in [1.807, 2.05) is 0 Å². The van der Waals surface area contributed by atoms with Crippen molar-refractivity contribution in [2.24, 2.45) is 0 Å². The number of rotatable bonds is 5. The topological polar surface area (TPSA) is 153 Å². The Kier molecular flexibility index (Phi) is 4.92. The zero-order valence-electron chi connectivity index (χ0n) is 11.1. The molecule has 0 unspecified atom stereocenters. The van der Waals surface area contributed by atoms with Crippen molar-refractivity contribution in [2.75, 3.05) is 5.32 Å². The Morgan fingerprint density at radius 1 is 1.14 bits per heavy atom. The quantitative estimate of drug-likeness (QED) is 0.505. The molecule has 120 valence electrons. The van der Waals surface area contributed by atoms with Crippen molar-refractivity contribution in [2.45, 2.75) is 43.5 Å². The number of aromatic nitrogens is 1. The van der Waals surface area contributed by atoms with Crippen molar-refractivity contribution in [3.8, 4) is 0 Å². The van der Waals surface area contributed by atoms with E-state index in [0.29, 0.717) is 5.76 Å². The molecule has 1 aromatic heterocycles. The van der Waals surface area contributed by atoms with Gasteiger partial charge in [0.2, 0.25) is 5.52 Å². The Balaban J connectivity index is 2.13. The number of nitrogens with zero attached hydrogens (tertiary/aromatic N) is 1. The highest BCUT2D eigenvalue weighted by atomic mass is 31.2. The summed E-state index contributed by atoms with van der Waals surface area (Å²) >= 11 is 0. The van der Waals surface area contributed by atoms with Gasteiger partial charge in [-0.1, -0.05) is 24.4 Å². The van der Waals surface area contributed by atoms with E-state index in [1.54, 1.807) is 0 Å². The molecule has 0 bridgehead atoms. The molecule has 1 fully saturated rings. The van der Waals surface area contributed by atoms with Crippen molar-refractivity contribution in [3.63, 3.8) is 0 Å². The molecule has 0 spiro atoms. The van der Waals surface area contributed by atoms with Gasteiger partial charge >= 0.3 is 15.2 Å². The molecule has 9 nitrogen and oxygen atoms in total. The monoisotopic (exact) mass is 340 g/mol. The summed E-state index contributed by atoms with van der Waals surface area (Å²) in [7, 11) is -10.1. The Morgan fingerprint density at radius 3 is 2.24 bits per heavy atom. The van der Waals surface area contributed by atoms with Gasteiger partial charge in [0, 0.05) is 12.0 Å². The van der Waals surface area contributed by atoms with Crippen LogP contribution in [0.4, 0.5) is 5.82 Å². The van der Waals surface area contributed by atoms with Crippen LogP contribution in [0.2, 0.25) is 0 Å². The van der Waals surface area contributed by atoms with E-state index >= 15 is 0 Å². The third-order valence-corrected chi connectivity index (χ3v) is 6.79. The van der Waals surface area contributed by atoms with E-state index in [9.17, 15) is 9.13 Å². The molecule has 0 aromatic carbocycles. The molecule has 0 radical (unpaired) electrons. The summed E-state index contributed by atoms with van der Waals surface area (Å²) in [6, 6.07) is 1.44. The summed E-state index contributed by atoms with van der Waals surface area (Å²) in [5.74, 6) is 0.657. The van der Waals surface area contributed by atoms with Crippen molar-refractivity contribution < 1.29 is 33.2 Å². The summed E-state index contributed by atoms with van der Waals surface area (Å²) in [6.07, 6.45) is 5.18. The van der Waals surface area contributed by atoms with Gasteiger partial charge < -0.3 is 29.4 Å². The van der Waals surface area contributed by atoms with Gasteiger partial charge in [-0.2, -0.15) is 0 Å². The second-order valence-electron chi connectivity index (χ2n) is 5.15. The lowest BCUT2D eigenvalue weighted by molar-refractivity contribution is 0.322. The first-order chi connectivity index (χ1) is 9.68. The lowest BCUT2D eigenvalue weighted by atomic mass is 9.87. The maximum Gasteiger partial charge on any atom is 0.360 e. The Bertz CT molecular complexity index is 550. The third kappa shape index (κ3) is 4.39. The fraction of sp³-hybridized carbons (Fsp3) is 0.700. The number of anilines is 1. The van der Waals surface area contributed by atoms with Crippen LogP contribution in [0.5, 0.6) is 0 Å². The minimum absolute atomic E-state index is 0.0905. The van der Waals surface area contributed by atoms with Crippen LogP contribution in [0.3, 0.4) is 0 Å². The number of hydrogen-bond acceptors (Lipinski definition) is 5. The highest BCUT2D eigenvalue weighted by Gasteiger charge is 2.44. The molecule has 21 heavy (non-hydrogen) atoms. The van der Waals surface area contributed by atoms with Crippen LogP contribution < -0.4 is 5.32 Å². The highest BCUT2D eigenvalue weighted by Crippen LogP contribution is 2.59. The highest BCUT2D eigenvalue weighted by molar-refractivity contribution is 7.71. The van der Waals surface area contributed by atoms with E-state index < -0.39 is 20.7 Å². The largest absolute Gasteiger partial charge is 0.360 e. The smallest absolute Gasteiger partial charge is 0.359 e. The first-order valence-corrected chi connectivity index (χ1v) is 9.88. The van der Waals surface area contributed by atoms with Crippen LogP contribution in [0.15, 0.2) is 10.6 Å². The predicted molar refractivity (Wildman–Crippen MR) is 73.8 cm³/mol. The third-order valence-electron chi connectivity index (χ3n) is 3.45. The average molecular weight is 340 g/mol. The molecule has 0 saturated heterocycles. The molecule has 0 amide bonds. The van der Waals surface area contributed by atoms with Crippen LogP contribution in [-0.2, 0) is 9.13 Å². The standard InChI is InChI=1S/C10H18N2O7P2/c13-20(14,15)10(21(16,17)18)11-9-6-8(19-12-9)7-4-2-1-3-5-7/h6-7,10H,1-5H2,(H,11,12)(H2,13,14,15)(H2,16,17,18). The van der Waals surface area contributed by atoms with E-state index in [-0.39, 0.29) is 11.7 Å². The van der Waals surface area contributed by atoms with Crippen molar-refractivity contribution in [3.05, 3.63) is 11.8 Å². The molecule has 0 atom stereocenters. The van der Waals surface area contributed by atoms with E-state index in [2.05, 4.69) is 10.5 Å². The van der Waals surface area contributed by atoms with Crippen molar-refractivity contribution in [1.82, 2.24) is 5.16 Å². The van der Waals surface area contributed by atoms with Crippen LogP contribution >= 0.6 is 15.2 Å². The fourth-order valence-electron chi connectivity index (χ4n) is 2.43. The molecular formula is C10H18N2O7P2. The number of hydrogen-bond donors (Lipinski definition) is 5. The van der Waals surface area contributed by atoms with E-state index in [0.717, 1.165) is 32.1 Å². The van der Waals surface area contributed by atoms with Crippen LogP contribution in [0, 0.1) is 0 Å². The first kappa shape index (κ1) is 16.7. The molecule has 11 heteroatoms. The normalized spacial score (nSPS) is 18.1. The lowest BCUT2D eigenvalue weighted by Gasteiger charge is -2.20. The summed E-state index contributed by atoms with van der Waals surface area (Å²) in [5.41, 5.74) is -2.32. The van der Waals surface area contributed by atoms with Gasteiger partial charge in [0.25, 0.3) is 0 Å². The molecule has 5 N–H and O–H groups in total. The Hall–Kier alpha value is -0.690. The van der Waals surface area contributed by atoms with Gasteiger partial charge in [-0.05, 0) is 12.8 Å². The Morgan fingerprint density at radius 2 is 1.71 bits per heavy atom. The van der Waals surface area contributed by atoms with Crippen molar-refractivity contribution in [1.29, 1.82) is 0 Å². The van der Waals surface area contributed by atoms with Crippen molar-refractivity contribution >= 4 is 21.0 Å². The van der Waals surface area contributed by atoms with Crippen LogP contribution in [0.1, 0.15) is 43.8 Å². The number of nitrogens with one attached hydrogen (secondary N) is 1. The molecule has 2 rings (SSSR count). The second kappa shape index (κ2) is 6.20. The summed E-state index contributed by atoms with van der Waals surface area (Å²) in [6.45, 7) is 0. The van der Waals surface area contributed by atoms with Crippen LogP contribution in [-0.4, -0.2) is 30.3 Å². The average Bonchev–Trinajstić information content (AvgIpc) is 2.83. The lowest BCUT2D eigenvalue weighted by Crippen LogP contribution is -2.20. The fourth-order valence-corrected chi connectivity index (χ4v) is 4.60. The summed E-state index contributed by atoms with van der Waals surface area (Å²) < 4.78 is 27.5. The molecule has 1 aliphatic rings. The van der Waals surface area contributed by atoms with Gasteiger partial charge in [0.1, 0.15) is 5.76 Å². The molecule has 1 saturated carbocycles. The van der Waals surface area contributed by atoms with Gasteiger partial charge in [-0.25, -0.2) is 0 Å². The van der Waals surface area contributed by atoms with E-state index in [1.165, 1.54) is 6.07 Å². The van der Waals surface area contributed by atoms with Gasteiger partial charge in [-0.15, -0.1) is 0 Å². The first-order valence-electron chi connectivity index (χ1n) is 6.51. The minimum atomic E-state index is -5.04. The maximum atomic E-state index is 11.2.